The molecular formula is C27H33N3O5. The molecule has 4 rings (SSSR count). The quantitative estimate of drug-likeness (QED) is 0.604. The summed E-state index contributed by atoms with van der Waals surface area (Å²) in [5.74, 6) is -1.62. The second-order valence-electron chi connectivity index (χ2n) is 9.70. The average molecular weight is 480 g/mol. The first-order chi connectivity index (χ1) is 16.8. The van der Waals surface area contributed by atoms with Crippen LogP contribution in [-0.4, -0.2) is 78.8 Å². The van der Waals surface area contributed by atoms with E-state index in [9.17, 15) is 19.5 Å². The fraction of sp³-hybridized carbons (Fsp3) is 0.444. The minimum atomic E-state index is -1.02. The molecule has 1 heterocycles. The van der Waals surface area contributed by atoms with Crippen LogP contribution >= 0.6 is 0 Å². The average Bonchev–Trinajstić information content (AvgIpc) is 3.38. The Bertz CT molecular complexity index is 1060. The molecule has 2 N–H and O–H groups in total. The summed E-state index contributed by atoms with van der Waals surface area (Å²) in [5.41, 5.74) is 4.49. The number of aliphatic carboxylic acids is 1. The molecular weight excluding hydrogens is 446 g/mol. The Morgan fingerprint density at radius 2 is 1.69 bits per heavy atom. The van der Waals surface area contributed by atoms with Crippen molar-refractivity contribution in [1.29, 1.82) is 0 Å². The van der Waals surface area contributed by atoms with Crippen LogP contribution in [0.4, 0.5) is 4.79 Å². The van der Waals surface area contributed by atoms with E-state index in [1.807, 2.05) is 62.3 Å². The maximum atomic E-state index is 13.3. The summed E-state index contributed by atoms with van der Waals surface area (Å²) in [4.78, 5) is 41.2. The number of ether oxygens (including phenoxy) is 1. The van der Waals surface area contributed by atoms with Crippen molar-refractivity contribution in [2.24, 2.45) is 5.92 Å². The lowest BCUT2D eigenvalue weighted by Gasteiger charge is -2.29. The summed E-state index contributed by atoms with van der Waals surface area (Å²) in [7, 11) is 3.76. The normalized spacial score (nSPS) is 19.8. The van der Waals surface area contributed by atoms with Crippen molar-refractivity contribution in [2.45, 2.75) is 37.8 Å². The maximum Gasteiger partial charge on any atom is 0.407 e. The van der Waals surface area contributed by atoms with E-state index in [1.165, 1.54) is 4.90 Å². The number of carbonyl (C=O) groups excluding carboxylic acids is 2. The Morgan fingerprint density at radius 1 is 1.09 bits per heavy atom. The van der Waals surface area contributed by atoms with Gasteiger partial charge in [-0.1, -0.05) is 55.5 Å². The molecule has 186 valence electrons. The number of benzene rings is 2. The fourth-order valence-corrected chi connectivity index (χ4v) is 5.20. The summed E-state index contributed by atoms with van der Waals surface area (Å²) in [6.45, 7) is 2.90. The molecule has 35 heavy (non-hydrogen) atoms. The number of rotatable bonds is 8. The summed E-state index contributed by atoms with van der Waals surface area (Å²) in [6, 6.07) is 14.4. The lowest BCUT2D eigenvalue weighted by molar-refractivity contribution is -0.150. The van der Waals surface area contributed by atoms with Gasteiger partial charge < -0.3 is 25.0 Å². The number of likely N-dealkylation sites (tertiary alicyclic amines) is 1. The van der Waals surface area contributed by atoms with Crippen LogP contribution in [0.1, 0.15) is 36.8 Å². The van der Waals surface area contributed by atoms with Crippen LogP contribution in [0.5, 0.6) is 0 Å². The Morgan fingerprint density at radius 3 is 2.26 bits per heavy atom. The molecule has 0 saturated carbocycles. The van der Waals surface area contributed by atoms with Gasteiger partial charge in [-0.3, -0.25) is 4.79 Å². The molecule has 1 aliphatic carbocycles. The highest BCUT2D eigenvalue weighted by atomic mass is 16.5. The van der Waals surface area contributed by atoms with E-state index in [1.54, 1.807) is 0 Å². The number of nitrogens with one attached hydrogen (secondary N) is 1. The molecule has 1 fully saturated rings. The van der Waals surface area contributed by atoms with Crippen molar-refractivity contribution < 1.29 is 24.2 Å². The van der Waals surface area contributed by atoms with Crippen molar-refractivity contribution in [3.05, 3.63) is 59.7 Å². The zero-order valence-electron chi connectivity index (χ0n) is 20.4. The fourth-order valence-electron chi connectivity index (χ4n) is 5.20. The number of carboxylic acid groups (broad SMARTS) is 1. The molecule has 0 spiro atoms. The van der Waals surface area contributed by atoms with Crippen LogP contribution in [0.15, 0.2) is 48.5 Å². The highest BCUT2D eigenvalue weighted by Crippen LogP contribution is 2.44. The third kappa shape index (κ3) is 5.17. The molecule has 2 aromatic carbocycles. The molecule has 1 aliphatic heterocycles. The standard InChI is InChI=1S/C27H33N3O5/c1-17-12-15-30(24(17)26(32)33)25(31)23(13-14-29(2)3)28-27(34)35-16-22-20-10-6-4-8-18(20)19-9-5-7-11-21(19)22/h4-11,17,22-24H,12-16H2,1-3H3,(H,28,34)(H,32,33). The van der Waals surface area contributed by atoms with E-state index < -0.39 is 24.1 Å². The number of fused-ring (bicyclic) bond motifs is 3. The number of nitrogens with zero attached hydrogens (tertiary/aromatic N) is 2. The zero-order chi connectivity index (χ0) is 25.1. The van der Waals surface area contributed by atoms with Crippen LogP contribution in [-0.2, 0) is 14.3 Å². The second kappa shape index (κ2) is 10.5. The van der Waals surface area contributed by atoms with E-state index in [-0.39, 0.29) is 24.3 Å². The minimum Gasteiger partial charge on any atom is -0.480 e. The van der Waals surface area contributed by atoms with Gasteiger partial charge in [-0.2, -0.15) is 0 Å². The topological polar surface area (TPSA) is 99.2 Å². The van der Waals surface area contributed by atoms with Gasteiger partial charge in [-0.25, -0.2) is 9.59 Å². The van der Waals surface area contributed by atoms with E-state index in [2.05, 4.69) is 17.4 Å². The van der Waals surface area contributed by atoms with E-state index in [0.717, 1.165) is 22.3 Å². The lowest BCUT2D eigenvalue weighted by Crippen LogP contribution is -2.53. The number of hydrogen-bond acceptors (Lipinski definition) is 5. The Kier molecular flexibility index (Phi) is 7.40. The molecule has 3 atom stereocenters. The second-order valence-corrected chi connectivity index (χ2v) is 9.70. The van der Waals surface area contributed by atoms with Crippen molar-refractivity contribution >= 4 is 18.0 Å². The Hall–Kier alpha value is -3.39. The molecule has 0 radical (unpaired) electrons. The van der Waals surface area contributed by atoms with Crippen molar-refractivity contribution in [3.63, 3.8) is 0 Å². The Balaban J connectivity index is 1.45. The molecule has 8 nitrogen and oxygen atoms in total. The molecule has 8 heteroatoms. The zero-order valence-corrected chi connectivity index (χ0v) is 20.4. The first kappa shape index (κ1) is 24.7. The predicted molar refractivity (Wildman–Crippen MR) is 132 cm³/mol. The van der Waals surface area contributed by atoms with Gasteiger partial charge >= 0.3 is 12.1 Å². The molecule has 2 aromatic rings. The van der Waals surface area contributed by atoms with Gasteiger partial charge in [0.25, 0.3) is 0 Å². The smallest absolute Gasteiger partial charge is 0.407 e. The van der Waals surface area contributed by atoms with Gasteiger partial charge in [0.1, 0.15) is 18.7 Å². The third-order valence-electron chi connectivity index (χ3n) is 7.04. The third-order valence-corrected chi connectivity index (χ3v) is 7.04. The van der Waals surface area contributed by atoms with Crippen LogP contribution in [0.25, 0.3) is 11.1 Å². The van der Waals surface area contributed by atoms with Gasteiger partial charge in [-0.15, -0.1) is 0 Å². The summed E-state index contributed by atoms with van der Waals surface area (Å²) >= 11 is 0. The van der Waals surface area contributed by atoms with Gasteiger partial charge in [0, 0.05) is 12.5 Å². The van der Waals surface area contributed by atoms with Gasteiger partial charge in [0.05, 0.1) is 0 Å². The maximum absolute atomic E-state index is 13.3. The van der Waals surface area contributed by atoms with E-state index in [4.69, 9.17) is 4.74 Å². The predicted octanol–water partition coefficient (Wildman–Crippen LogP) is 3.17. The number of carbonyl (C=O) groups is 3. The highest BCUT2D eigenvalue weighted by molar-refractivity contribution is 5.90. The van der Waals surface area contributed by atoms with Crippen molar-refractivity contribution in [1.82, 2.24) is 15.1 Å². The van der Waals surface area contributed by atoms with Crippen LogP contribution in [0.2, 0.25) is 0 Å². The lowest BCUT2D eigenvalue weighted by atomic mass is 9.98. The van der Waals surface area contributed by atoms with Crippen LogP contribution in [0.3, 0.4) is 0 Å². The van der Waals surface area contributed by atoms with Gasteiger partial charge in [-0.05, 0) is 61.7 Å². The van der Waals surface area contributed by atoms with E-state index in [0.29, 0.717) is 25.9 Å². The SMILES string of the molecule is CC1CCN(C(=O)C(CCN(C)C)NC(=O)OCC2c3ccccc3-c3ccccc32)C1C(=O)O. The first-order valence-electron chi connectivity index (χ1n) is 12.1. The summed E-state index contributed by atoms with van der Waals surface area (Å²) in [5, 5.41) is 12.4. The molecule has 0 bridgehead atoms. The minimum absolute atomic E-state index is 0.0834. The molecule has 2 aliphatic rings. The van der Waals surface area contributed by atoms with Crippen molar-refractivity contribution in [2.75, 3.05) is 33.8 Å². The number of hydrogen-bond donors (Lipinski definition) is 2. The molecule has 2 amide bonds. The molecule has 1 saturated heterocycles. The molecule has 0 aromatic heterocycles. The van der Waals surface area contributed by atoms with Gasteiger partial charge in [0.15, 0.2) is 0 Å². The number of carboxylic acids is 1. The van der Waals surface area contributed by atoms with Crippen LogP contribution in [0, 0.1) is 5.92 Å². The van der Waals surface area contributed by atoms with Crippen molar-refractivity contribution in [3.8, 4) is 11.1 Å². The highest BCUT2D eigenvalue weighted by Gasteiger charge is 2.42. The summed E-state index contributed by atoms with van der Waals surface area (Å²) in [6.07, 6.45) is 0.296. The van der Waals surface area contributed by atoms with Crippen LogP contribution < -0.4 is 5.32 Å². The van der Waals surface area contributed by atoms with E-state index >= 15 is 0 Å². The largest absolute Gasteiger partial charge is 0.480 e. The van der Waals surface area contributed by atoms with Gasteiger partial charge in [0.2, 0.25) is 5.91 Å². The number of alkyl carbamates (subject to hydrolysis) is 1. The molecule has 3 unspecified atom stereocenters. The summed E-state index contributed by atoms with van der Waals surface area (Å²) < 4.78 is 5.63. The Labute approximate surface area is 205 Å². The number of amides is 2. The monoisotopic (exact) mass is 479 g/mol. The first-order valence-corrected chi connectivity index (χ1v) is 12.1.